The monoisotopic (exact) mass is 1060 g/mol. The summed E-state index contributed by atoms with van der Waals surface area (Å²) in [5, 5.41) is 72.4. The molecular formula is C60H114O14. The number of aliphatic hydroxyl groups excluding tert-OH is 7. The lowest BCUT2D eigenvalue weighted by Crippen LogP contribution is -2.61. The molecule has 0 aromatic heterocycles. The van der Waals surface area contributed by atoms with E-state index in [9.17, 15) is 40.5 Å². The number of hydrogen-bond donors (Lipinski definition) is 7. The number of rotatable bonds is 51. The zero-order chi connectivity index (χ0) is 53.7. The molecule has 0 spiro atoms. The number of carbonyl (C=O) groups excluding carboxylic acids is 1. The van der Waals surface area contributed by atoms with Gasteiger partial charge in [-0.15, -0.1) is 0 Å². The molecule has 2 rings (SSSR count). The van der Waals surface area contributed by atoms with Crippen molar-refractivity contribution in [3.8, 4) is 0 Å². The summed E-state index contributed by atoms with van der Waals surface area (Å²) in [7, 11) is 0. The van der Waals surface area contributed by atoms with Gasteiger partial charge in [0.25, 0.3) is 0 Å². The number of esters is 1. The molecule has 0 bridgehead atoms. The number of aliphatic hydroxyl groups is 7. The first-order chi connectivity index (χ1) is 36.1. The normalized spacial score (nSPS) is 24.8. The van der Waals surface area contributed by atoms with Gasteiger partial charge in [-0.2, -0.15) is 0 Å². The number of hydrogen-bond acceptors (Lipinski definition) is 14. The molecule has 2 fully saturated rings. The summed E-state index contributed by atoms with van der Waals surface area (Å²) < 4.78 is 34.4. The minimum atomic E-state index is -1.70. The van der Waals surface area contributed by atoms with Gasteiger partial charge in [0.15, 0.2) is 12.6 Å². The third-order valence-electron chi connectivity index (χ3n) is 15.0. The van der Waals surface area contributed by atoms with E-state index in [1.807, 2.05) is 0 Å². The number of ether oxygens (including phenoxy) is 6. The second-order valence-electron chi connectivity index (χ2n) is 21.9. The fourth-order valence-corrected chi connectivity index (χ4v) is 10.0. The van der Waals surface area contributed by atoms with Crippen molar-refractivity contribution in [2.45, 2.75) is 332 Å². The predicted molar refractivity (Wildman–Crippen MR) is 294 cm³/mol. The topological polar surface area (TPSA) is 214 Å². The standard InChI is InChI=1S/C60H114O14/c1-3-5-7-9-11-13-15-17-19-21-22-23-24-25-26-27-28-30-32-34-36-38-40-42-44-69-46-49(72-52(62)43-41-39-37-35-33-31-29-20-18-16-14-12-10-8-6-4-2)47-70-59-58(68)56(66)54(64)51(74-59)48-71-60-57(67)55(65)53(63)50(45-61)73-60/h21-22,49-51,53-61,63-68H,3-20,23-48H2,1-2H3/b22-21-. The van der Waals surface area contributed by atoms with Crippen LogP contribution in [0.4, 0.5) is 0 Å². The van der Waals surface area contributed by atoms with Crippen LogP contribution in [0.3, 0.4) is 0 Å². The van der Waals surface area contributed by atoms with Crippen LogP contribution >= 0.6 is 0 Å². The van der Waals surface area contributed by atoms with Crippen molar-refractivity contribution in [1.29, 1.82) is 0 Å². The maximum atomic E-state index is 13.1. The third kappa shape index (κ3) is 33.9. The minimum Gasteiger partial charge on any atom is -0.457 e. The third-order valence-corrected chi connectivity index (χ3v) is 15.0. The Morgan fingerprint density at radius 2 is 0.797 bits per heavy atom. The first kappa shape index (κ1) is 68.8. The van der Waals surface area contributed by atoms with Crippen molar-refractivity contribution < 1.29 is 69.0 Å². The van der Waals surface area contributed by atoms with Crippen LogP contribution in [0.2, 0.25) is 0 Å². The molecular weight excluding hydrogens is 945 g/mol. The van der Waals surface area contributed by atoms with Gasteiger partial charge in [0.2, 0.25) is 0 Å². The molecule has 14 nitrogen and oxygen atoms in total. The molecule has 0 amide bonds. The van der Waals surface area contributed by atoms with Crippen LogP contribution in [0.5, 0.6) is 0 Å². The van der Waals surface area contributed by atoms with Crippen molar-refractivity contribution in [3.05, 3.63) is 12.2 Å². The van der Waals surface area contributed by atoms with Crippen molar-refractivity contribution in [2.24, 2.45) is 0 Å². The summed E-state index contributed by atoms with van der Waals surface area (Å²) in [6.07, 6.45) is 37.1. The molecule has 0 aromatic rings. The van der Waals surface area contributed by atoms with Crippen molar-refractivity contribution in [1.82, 2.24) is 0 Å². The van der Waals surface area contributed by atoms with Gasteiger partial charge in [-0.05, 0) is 38.5 Å². The van der Waals surface area contributed by atoms with E-state index < -0.39 is 80.7 Å². The summed E-state index contributed by atoms with van der Waals surface area (Å²) in [5.41, 5.74) is 0. The lowest BCUT2D eigenvalue weighted by atomic mass is 9.98. The molecule has 0 saturated carbocycles. The van der Waals surface area contributed by atoms with Crippen molar-refractivity contribution >= 4 is 5.97 Å². The Kier molecular flexibility index (Phi) is 44.4. The van der Waals surface area contributed by atoms with E-state index in [-0.39, 0.29) is 25.6 Å². The van der Waals surface area contributed by atoms with E-state index in [0.717, 1.165) is 38.5 Å². The van der Waals surface area contributed by atoms with Crippen LogP contribution in [0, 0.1) is 0 Å². The molecule has 11 unspecified atom stereocenters. The van der Waals surface area contributed by atoms with Gasteiger partial charge in [-0.25, -0.2) is 0 Å². The molecule has 7 N–H and O–H groups in total. The molecule has 0 radical (unpaired) electrons. The molecule has 2 saturated heterocycles. The zero-order valence-electron chi connectivity index (χ0n) is 47.1. The average molecular weight is 1060 g/mol. The van der Waals surface area contributed by atoms with Gasteiger partial charge in [-0.3, -0.25) is 4.79 Å². The average Bonchev–Trinajstić information content (AvgIpc) is 3.40. The molecule has 2 aliphatic heterocycles. The Bertz CT molecular complexity index is 1270. The molecule has 0 aromatic carbocycles. The SMILES string of the molecule is CCCCCCCCCC/C=C\CCCCCCCCCCCCCCOCC(COC1OC(COC2OC(CO)C(O)C(O)C2O)C(O)C(O)C1O)OC(=O)CCCCCCCCCCCCCCCCCC. The number of unbranched alkanes of at least 4 members (excludes halogenated alkanes) is 35. The highest BCUT2D eigenvalue weighted by Crippen LogP contribution is 2.27. The maximum absolute atomic E-state index is 13.1. The highest BCUT2D eigenvalue weighted by molar-refractivity contribution is 5.69. The lowest BCUT2D eigenvalue weighted by molar-refractivity contribution is -0.332. The first-order valence-electron chi connectivity index (χ1n) is 30.8. The van der Waals surface area contributed by atoms with Crippen LogP contribution in [-0.2, 0) is 33.2 Å². The van der Waals surface area contributed by atoms with Crippen molar-refractivity contribution in [2.75, 3.05) is 33.0 Å². The Morgan fingerprint density at radius 1 is 0.432 bits per heavy atom. The predicted octanol–water partition coefficient (Wildman–Crippen LogP) is 11.4. The number of allylic oxidation sites excluding steroid dienone is 2. The van der Waals surface area contributed by atoms with Crippen LogP contribution in [0.1, 0.15) is 264 Å². The smallest absolute Gasteiger partial charge is 0.306 e. The molecule has 2 aliphatic rings. The van der Waals surface area contributed by atoms with Crippen molar-refractivity contribution in [3.63, 3.8) is 0 Å². The minimum absolute atomic E-state index is 0.0679. The Hall–Kier alpha value is -1.27. The second-order valence-corrected chi connectivity index (χ2v) is 21.9. The van der Waals surface area contributed by atoms with Gasteiger partial charge in [0.1, 0.15) is 54.9 Å². The Balaban J connectivity index is 1.67. The molecule has 11 atom stereocenters. The summed E-state index contributed by atoms with van der Waals surface area (Å²) in [4.78, 5) is 13.1. The van der Waals surface area contributed by atoms with E-state index >= 15 is 0 Å². The summed E-state index contributed by atoms with van der Waals surface area (Å²) >= 11 is 0. The highest BCUT2D eigenvalue weighted by atomic mass is 16.7. The molecule has 0 aliphatic carbocycles. The van der Waals surface area contributed by atoms with Crippen LogP contribution < -0.4 is 0 Å². The lowest BCUT2D eigenvalue weighted by Gasteiger charge is -2.42. The maximum Gasteiger partial charge on any atom is 0.306 e. The summed E-state index contributed by atoms with van der Waals surface area (Å²) in [6, 6.07) is 0. The van der Waals surface area contributed by atoms with E-state index in [1.165, 1.54) is 199 Å². The fourth-order valence-electron chi connectivity index (χ4n) is 10.0. The van der Waals surface area contributed by atoms with Crippen LogP contribution in [-0.4, -0.2) is 142 Å². The second kappa shape index (κ2) is 47.7. The van der Waals surface area contributed by atoms with E-state index in [2.05, 4.69) is 26.0 Å². The quantitative estimate of drug-likeness (QED) is 0.0172. The summed E-state index contributed by atoms with van der Waals surface area (Å²) in [5.74, 6) is -0.369. The Labute approximate surface area is 450 Å². The largest absolute Gasteiger partial charge is 0.457 e. The zero-order valence-corrected chi connectivity index (χ0v) is 47.1. The van der Waals surface area contributed by atoms with Crippen LogP contribution in [0.15, 0.2) is 12.2 Å². The molecule has 74 heavy (non-hydrogen) atoms. The molecule has 438 valence electrons. The van der Waals surface area contributed by atoms with Gasteiger partial charge in [0.05, 0.1) is 26.4 Å². The van der Waals surface area contributed by atoms with E-state index in [0.29, 0.717) is 13.0 Å². The van der Waals surface area contributed by atoms with Gasteiger partial charge in [0, 0.05) is 13.0 Å². The Morgan fingerprint density at radius 3 is 1.23 bits per heavy atom. The summed E-state index contributed by atoms with van der Waals surface area (Å²) in [6.45, 7) is 3.75. The van der Waals surface area contributed by atoms with Crippen LogP contribution in [0.25, 0.3) is 0 Å². The van der Waals surface area contributed by atoms with Gasteiger partial charge >= 0.3 is 5.97 Å². The fraction of sp³-hybridized carbons (Fsp3) is 0.950. The highest BCUT2D eigenvalue weighted by Gasteiger charge is 2.47. The van der Waals surface area contributed by atoms with Gasteiger partial charge in [-0.1, -0.05) is 231 Å². The first-order valence-corrected chi connectivity index (χ1v) is 30.8. The van der Waals surface area contributed by atoms with Gasteiger partial charge < -0.3 is 64.2 Å². The number of carbonyl (C=O) groups is 1. The van der Waals surface area contributed by atoms with E-state index in [4.69, 9.17) is 28.4 Å². The van der Waals surface area contributed by atoms with E-state index in [1.54, 1.807) is 0 Å². The molecule has 2 heterocycles. The molecule has 14 heteroatoms.